The standard InChI is InChI=1S/C13H18O/c1-2-3-10-4-6-11(7-5-10)13(14)12-8-9-12/h4-7,12-14H,2-3,8-9H2,1H3. The van der Waals surface area contributed by atoms with Crippen molar-refractivity contribution in [3.05, 3.63) is 35.4 Å². The van der Waals surface area contributed by atoms with Crippen LogP contribution in [0.5, 0.6) is 0 Å². The molecule has 1 heteroatoms. The maximum absolute atomic E-state index is 9.88. The number of rotatable bonds is 4. The van der Waals surface area contributed by atoms with E-state index in [2.05, 4.69) is 31.2 Å². The van der Waals surface area contributed by atoms with Crippen LogP contribution in [0.15, 0.2) is 24.3 Å². The summed E-state index contributed by atoms with van der Waals surface area (Å²) in [6.07, 6.45) is 4.49. The van der Waals surface area contributed by atoms with E-state index in [1.807, 2.05) is 0 Å². The predicted molar refractivity (Wildman–Crippen MR) is 58.1 cm³/mol. The second-order valence-corrected chi connectivity index (χ2v) is 4.27. The van der Waals surface area contributed by atoms with Gasteiger partial charge in [0.2, 0.25) is 0 Å². The molecule has 1 nitrogen and oxygen atoms in total. The largest absolute Gasteiger partial charge is 0.388 e. The summed E-state index contributed by atoms with van der Waals surface area (Å²) in [5.41, 5.74) is 2.46. The SMILES string of the molecule is CCCc1ccc(C(O)C2CC2)cc1. The third-order valence-corrected chi connectivity index (χ3v) is 2.93. The fraction of sp³-hybridized carbons (Fsp3) is 0.538. The smallest absolute Gasteiger partial charge is 0.0818 e. The third kappa shape index (κ3) is 2.16. The lowest BCUT2D eigenvalue weighted by molar-refractivity contribution is 0.154. The topological polar surface area (TPSA) is 20.2 Å². The summed E-state index contributed by atoms with van der Waals surface area (Å²) in [6.45, 7) is 2.19. The van der Waals surface area contributed by atoms with Gasteiger partial charge < -0.3 is 5.11 Å². The maximum Gasteiger partial charge on any atom is 0.0818 e. The molecule has 1 aliphatic carbocycles. The van der Waals surface area contributed by atoms with Crippen LogP contribution in [-0.4, -0.2) is 5.11 Å². The molecule has 1 saturated carbocycles. The molecular weight excluding hydrogens is 172 g/mol. The number of aliphatic hydroxyl groups excluding tert-OH is 1. The van der Waals surface area contributed by atoms with Crippen molar-refractivity contribution in [3.63, 3.8) is 0 Å². The van der Waals surface area contributed by atoms with Gasteiger partial charge in [-0.3, -0.25) is 0 Å². The zero-order chi connectivity index (χ0) is 9.97. The summed E-state index contributed by atoms with van der Waals surface area (Å²) in [6, 6.07) is 8.44. The van der Waals surface area contributed by atoms with E-state index in [9.17, 15) is 5.11 Å². The average molecular weight is 190 g/mol. The van der Waals surface area contributed by atoms with Crippen molar-refractivity contribution in [1.29, 1.82) is 0 Å². The van der Waals surface area contributed by atoms with E-state index in [4.69, 9.17) is 0 Å². The normalized spacial score (nSPS) is 18.1. The van der Waals surface area contributed by atoms with Gasteiger partial charge in [-0.1, -0.05) is 37.6 Å². The molecule has 1 fully saturated rings. The minimum Gasteiger partial charge on any atom is -0.388 e. The van der Waals surface area contributed by atoms with E-state index in [1.165, 1.54) is 24.8 Å². The number of benzene rings is 1. The van der Waals surface area contributed by atoms with Gasteiger partial charge in [-0.25, -0.2) is 0 Å². The molecule has 1 aliphatic rings. The molecule has 1 N–H and O–H groups in total. The van der Waals surface area contributed by atoms with Crippen molar-refractivity contribution < 1.29 is 5.11 Å². The van der Waals surface area contributed by atoms with E-state index >= 15 is 0 Å². The number of aliphatic hydroxyl groups is 1. The molecule has 1 unspecified atom stereocenters. The minimum absolute atomic E-state index is 0.217. The first-order valence-corrected chi connectivity index (χ1v) is 5.58. The molecule has 0 aliphatic heterocycles. The lowest BCUT2D eigenvalue weighted by Crippen LogP contribution is -1.99. The molecular formula is C13H18O. The highest BCUT2D eigenvalue weighted by atomic mass is 16.3. The van der Waals surface area contributed by atoms with Crippen molar-refractivity contribution in [2.24, 2.45) is 5.92 Å². The van der Waals surface area contributed by atoms with Gasteiger partial charge >= 0.3 is 0 Å². The summed E-state index contributed by atoms with van der Waals surface area (Å²) in [5.74, 6) is 0.534. The van der Waals surface area contributed by atoms with Crippen LogP contribution >= 0.6 is 0 Å². The van der Waals surface area contributed by atoms with E-state index in [0.717, 1.165) is 12.0 Å². The summed E-state index contributed by atoms with van der Waals surface area (Å²) < 4.78 is 0. The molecule has 1 aromatic carbocycles. The average Bonchev–Trinajstić information content (AvgIpc) is 3.02. The summed E-state index contributed by atoms with van der Waals surface area (Å²) >= 11 is 0. The van der Waals surface area contributed by atoms with Crippen LogP contribution in [-0.2, 0) is 6.42 Å². The second-order valence-electron chi connectivity index (χ2n) is 4.27. The molecule has 1 atom stereocenters. The highest BCUT2D eigenvalue weighted by Crippen LogP contribution is 2.40. The zero-order valence-electron chi connectivity index (χ0n) is 8.74. The Labute approximate surface area is 85.8 Å². The Balaban J connectivity index is 2.04. The van der Waals surface area contributed by atoms with Crippen molar-refractivity contribution in [2.45, 2.75) is 38.7 Å². The molecule has 0 heterocycles. The third-order valence-electron chi connectivity index (χ3n) is 2.93. The molecule has 1 aromatic rings. The van der Waals surface area contributed by atoms with Crippen LogP contribution in [0, 0.1) is 5.92 Å². The van der Waals surface area contributed by atoms with E-state index in [-0.39, 0.29) is 6.10 Å². The Hall–Kier alpha value is -0.820. The monoisotopic (exact) mass is 190 g/mol. The van der Waals surface area contributed by atoms with Gasteiger partial charge in [0.25, 0.3) is 0 Å². The van der Waals surface area contributed by atoms with Gasteiger partial charge in [-0.15, -0.1) is 0 Å². The summed E-state index contributed by atoms with van der Waals surface area (Å²) in [5, 5.41) is 9.88. The Bertz CT molecular complexity index is 285. The Kier molecular flexibility index (Phi) is 2.87. The van der Waals surface area contributed by atoms with Crippen molar-refractivity contribution in [3.8, 4) is 0 Å². The van der Waals surface area contributed by atoms with Crippen LogP contribution in [0.1, 0.15) is 43.4 Å². The molecule has 0 bridgehead atoms. The fourth-order valence-corrected chi connectivity index (χ4v) is 1.85. The number of aryl methyl sites for hydroxylation is 1. The Morgan fingerprint density at radius 1 is 1.29 bits per heavy atom. The molecule has 14 heavy (non-hydrogen) atoms. The van der Waals surface area contributed by atoms with Gasteiger partial charge in [-0.2, -0.15) is 0 Å². The second kappa shape index (κ2) is 4.14. The number of hydrogen-bond donors (Lipinski definition) is 1. The minimum atomic E-state index is -0.217. The molecule has 0 saturated heterocycles. The quantitative estimate of drug-likeness (QED) is 0.773. The van der Waals surface area contributed by atoms with Gasteiger partial charge in [-0.05, 0) is 36.3 Å². The van der Waals surface area contributed by atoms with Gasteiger partial charge in [0.1, 0.15) is 0 Å². The fourth-order valence-electron chi connectivity index (χ4n) is 1.85. The van der Waals surface area contributed by atoms with E-state index in [0.29, 0.717) is 5.92 Å². The van der Waals surface area contributed by atoms with Crippen molar-refractivity contribution in [2.75, 3.05) is 0 Å². The lowest BCUT2D eigenvalue weighted by atomic mass is 10.0. The molecule has 2 rings (SSSR count). The summed E-state index contributed by atoms with van der Waals surface area (Å²) in [7, 11) is 0. The summed E-state index contributed by atoms with van der Waals surface area (Å²) in [4.78, 5) is 0. The van der Waals surface area contributed by atoms with Gasteiger partial charge in [0.15, 0.2) is 0 Å². The Morgan fingerprint density at radius 3 is 2.43 bits per heavy atom. The lowest BCUT2D eigenvalue weighted by Gasteiger charge is -2.09. The van der Waals surface area contributed by atoms with E-state index < -0.39 is 0 Å². The maximum atomic E-state index is 9.88. The van der Waals surface area contributed by atoms with Crippen LogP contribution in [0.3, 0.4) is 0 Å². The van der Waals surface area contributed by atoms with Crippen LogP contribution in [0.25, 0.3) is 0 Å². The van der Waals surface area contributed by atoms with Gasteiger partial charge in [0, 0.05) is 0 Å². The van der Waals surface area contributed by atoms with Crippen LogP contribution in [0.4, 0.5) is 0 Å². The first kappa shape index (κ1) is 9.72. The van der Waals surface area contributed by atoms with Crippen molar-refractivity contribution >= 4 is 0 Å². The first-order valence-electron chi connectivity index (χ1n) is 5.58. The molecule has 0 amide bonds. The van der Waals surface area contributed by atoms with Crippen molar-refractivity contribution in [1.82, 2.24) is 0 Å². The highest BCUT2D eigenvalue weighted by molar-refractivity contribution is 5.25. The first-order chi connectivity index (χ1) is 6.81. The molecule has 0 aromatic heterocycles. The zero-order valence-corrected chi connectivity index (χ0v) is 8.74. The molecule has 0 spiro atoms. The van der Waals surface area contributed by atoms with E-state index in [1.54, 1.807) is 0 Å². The predicted octanol–water partition coefficient (Wildman–Crippen LogP) is 3.08. The van der Waals surface area contributed by atoms with Crippen LogP contribution < -0.4 is 0 Å². The molecule has 76 valence electrons. The highest BCUT2D eigenvalue weighted by Gasteiger charge is 2.30. The number of hydrogen-bond acceptors (Lipinski definition) is 1. The Morgan fingerprint density at radius 2 is 1.93 bits per heavy atom. The van der Waals surface area contributed by atoms with Gasteiger partial charge in [0.05, 0.1) is 6.10 Å². The molecule has 0 radical (unpaired) electrons. The van der Waals surface area contributed by atoms with Crippen LogP contribution in [0.2, 0.25) is 0 Å².